The van der Waals surface area contributed by atoms with Crippen molar-refractivity contribution in [1.29, 1.82) is 0 Å². The molecular formula is C29H34N2O6S. The maximum Gasteiger partial charge on any atom is 0.336 e. The number of carboxylic acid groups (broad SMARTS) is 1. The van der Waals surface area contributed by atoms with Crippen molar-refractivity contribution in [1.82, 2.24) is 9.21 Å². The number of fused-ring (bicyclic) bond motifs is 1. The van der Waals surface area contributed by atoms with E-state index < -0.39 is 28.1 Å². The normalized spacial score (nSPS) is 20.1. The fraction of sp³-hybridized carbons (Fsp3) is 0.345. The first-order chi connectivity index (χ1) is 18.1. The van der Waals surface area contributed by atoms with Gasteiger partial charge in [-0.2, -0.15) is 4.31 Å². The number of aliphatic hydroxyl groups excluding tert-OH is 1. The summed E-state index contributed by atoms with van der Waals surface area (Å²) < 4.78 is 35.2. The van der Waals surface area contributed by atoms with E-state index in [-0.39, 0.29) is 35.3 Å². The van der Waals surface area contributed by atoms with Crippen LogP contribution in [0.1, 0.15) is 29.8 Å². The van der Waals surface area contributed by atoms with Gasteiger partial charge in [0.25, 0.3) is 0 Å². The van der Waals surface area contributed by atoms with E-state index in [9.17, 15) is 23.4 Å². The van der Waals surface area contributed by atoms with Crippen molar-refractivity contribution >= 4 is 16.0 Å². The lowest BCUT2D eigenvalue weighted by atomic mass is 10.0. The summed E-state index contributed by atoms with van der Waals surface area (Å²) in [5.74, 6) is -0.937. The number of benzene rings is 3. The minimum absolute atomic E-state index is 0.0632. The average molecular weight is 539 g/mol. The van der Waals surface area contributed by atoms with Gasteiger partial charge >= 0.3 is 5.97 Å². The Morgan fingerprint density at radius 3 is 2.45 bits per heavy atom. The lowest BCUT2D eigenvalue weighted by Gasteiger charge is -2.37. The van der Waals surface area contributed by atoms with Crippen LogP contribution in [-0.4, -0.2) is 72.7 Å². The van der Waals surface area contributed by atoms with E-state index in [1.54, 1.807) is 43.3 Å². The number of sulfonamides is 1. The zero-order chi connectivity index (χ0) is 27.4. The summed E-state index contributed by atoms with van der Waals surface area (Å²) in [4.78, 5) is 13.7. The first-order valence-corrected chi connectivity index (χ1v) is 14.0. The molecule has 0 unspecified atom stereocenters. The standard InChI is InChI=1S/C29H34N2O6S/c1-20-16-31(21(2)19-32)38(35,36)28-14-13-23(22-9-5-4-6-10-22)15-26(28)37-27(20)18-30(3)17-24-11-7-8-12-25(24)29(33)34/h4-15,20-21,27,32H,16-19H2,1-3H3,(H,33,34)/t20-,21-,27+/m1/s1. The number of carbonyl (C=O) groups is 1. The van der Waals surface area contributed by atoms with E-state index in [1.807, 2.05) is 55.3 Å². The zero-order valence-electron chi connectivity index (χ0n) is 21.8. The Morgan fingerprint density at radius 1 is 1.08 bits per heavy atom. The van der Waals surface area contributed by atoms with Crippen LogP contribution in [0.15, 0.2) is 77.7 Å². The molecule has 9 heteroatoms. The lowest BCUT2D eigenvalue weighted by molar-refractivity contribution is 0.0686. The van der Waals surface area contributed by atoms with Gasteiger partial charge in [0, 0.05) is 31.6 Å². The van der Waals surface area contributed by atoms with Crippen molar-refractivity contribution in [2.75, 3.05) is 26.7 Å². The van der Waals surface area contributed by atoms with Crippen LogP contribution in [0.5, 0.6) is 5.75 Å². The van der Waals surface area contributed by atoms with Crippen LogP contribution in [-0.2, 0) is 16.6 Å². The van der Waals surface area contributed by atoms with E-state index in [4.69, 9.17) is 4.74 Å². The molecule has 202 valence electrons. The Morgan fingerprint density at radius 2 is 1.76 bits per heavy atom. The van der Waals surface area contributed by atoms with Crippen molar-refractivity contribution in [3.8, 4) is 16.9 Å². The van der Waals surface area contributed by atoms with Gasteiger partial charge in [-0.25, -0.2) is 13.2 Å². The highest BCUT2D eigenvalue weighted by Crippen LogP contribution is 2.36. The van der Waals surface area contributed by atoms with Gasteiger partial charge in [0.1, 0.15) is 16.7 Å². The second kappa shape index (κ2) is 11.7. The third kappa shape index (κ3) is 5.91. The largest absolute Gasteiger partial charge is 0.487 e. The highest BCUT2D eigenvalue weighted by Gasteiger charge is 2.38. The second-order valence-electron chi connectivity index (χ2n) is 9.93. The molecule has 3 aromatic rings. The van der Waals surface area contributed by atoms with E-state index in [0.29, 0.717) is 18.7 Å². The first kappa shape index (κ1) is 27.8. The number of aromatic carboxylic acids is 1. The topological polar surface area (TPSA) is 107 Å². The molecule has 1 aliphatic rings. The maximum atomic E-state index is 13.7. The van der Waals surface area contributed by atoms with Crippen LogP contribution in [0.2, 0.25) is 0 Å². The number of hydrogen-bond acceptors (Lipinski definition) is 6. The quantitative estimate of drug-likeness (QED) is 0.447. The van der Waals surface area contributed by atoms with Gasteiger partial charge in [-0.1, -0.05) is 61.5 Å². The van der Waals surface area contributed by atoms with Crippen molar-refractivity contribution in [2.45, 2.75) is 37.4 Å². The van der Waals surface area contributed by atoms with Crippen molar-refractivity contribution in [3.63, 3.8) is 0 Å². The highest BCUT2D eigenvalue weighted by atomic mass is 32.2. The minimum Gasteiger partial charge on any atom is -0.487 e. The Labute approximate surface area is 224 Å². The van der Waals surface area contributed by atoms with Gasteiger partial charge < -0.3 is 14.9 Å². The molecule has 0 bridgehead atoms. The predicted octanol–water partition coefficient (Wildman–Crippen LogP) is 3.95. The van der Waals surface area contributed by atoms with E-state index >= 15 is 0 Å². The van der Waals surface area contributed by atoms with Gasteiger partial charge in [-0.15, -0.1) is 0 Å². The molecule has 4 rings (SSSR count). The molecule has 3 atom stereocenters. The van der Waals surface area contributed by atoms with E-state index in [2.05, 4.69) is 0 Å². The maximum absolute atomic E-state index is 13.7. The molecule has 3 aromatic carbocycles. The van der Waals surface area contributed by atoms with Crippen LogP contribution in [0, 0.1) is 5.92 Å². The molecule has 0 saturated heterocycles. The SMILES string of the molecule is C[C@@H]1CN([C@H](C)CO)S(=O)(=O)c2ccc(-c3ccccc3)cc2O[C@H]1CN(C)Cc1ccccc1C(=O)O. The summed E-state index contributed by atoms with van der Waals surface area (Å²) in [7, 11) is -2.04. The fourth-order valence-corrected chi connectivity index (χ4v) is 6.61. The molecule has 0 saturated carbocycles. The first-order valence-electron chi connectivity index (χ1n) is 12.6. The van der Waals surface area contributed by atoms with E-state index in [0.717, 1.165) is 11.1 Å². The van der Waals surface area contributed by atoms with Crippen molar-refractivity contribution in [3.05, 3.63) is 83.9 Å². The molecule has 38 heavy (non-hydrogen) atoms. The minimum atomic E-state index is -3.93. The smallest absolute Gasteiger partial charge is 0.336 e. The number of ether oxygens (including phenoxy) is 1. The molecule has 1 aliphatic heterocycles. The number of carboxylic acids is 1. The molecule has 2 N–H and O–H groups in total. The molecule has 1 heterocycles. The number of hydrogen-bond donors (Lipinski definition) is 2. The van der Waals surface area contributed by atoms with Crippen LogP contribution in [0.4, 0.5) is 0 Å². The summed E-state index contributed by atoms with van der Waals surface area (Å²) in [5.41, 5.74) is 2.70. The molecule has 0 spiro atoms. The summed E-state index contributed by atoms with van der Waals surface area (Å²) in [5, 5.41) is 19.4. The summed E-state index contributed by atoms with van der Waals surface area (Å²) in [6.45, 7) is 4.32. The zero-order valence-corrected chi connectivity index (χ0v) is 22.6. The number of aliphatic hydroxyl groups is 1. The number of nitrogens with zero attached hydrogens (tertiary/aromatic N) is 2. The van der Waals surface area contributed by atoms with Crippen molar-refractivity contribution in [2.24, 2.45) is 5.92 Å². The molecule has 0 aromatic heterocycles. The molecule has 0 fully saturated rings. The third-order valence-electron chi connectivity index (χ3n) is 6.95. The summed E-state index contributed by atoms with van der Waals surface area (Å²) in [6, 6.07) is 21.0. The van der Waals surface area contributed by atoms with Crippen LogP contribution < -0.4 is 4.74 Å². The van der Waals surface area contributed by atoms with Gasteiger partial charge in [0.05, 0.1) is 12.2 Å². The Hall–Kier alpha value is -3.24. The third-order valence-corrected chi connectivity index (χ3v) is 8.97. The molecule has 0 radical (unpaired) electrons. The van der Waals surface area contributed by atoms with Crippen LogP contribution >= 0.6 is 0 Å². The van der Waals surface area contributed by atoms with Gasteiger partial charge in [-0.05, 0) is 48.9 Å². The van der Waals surface area contributed by atoms with E-state index in [1.165, 1.54) is 4.31 Å². The van der Waals surface area contributed by atoms with Gasteiger partial charge in [0.2, 0.25) is 10.0 Å². The van der Waals surface area contributed by atoms with Gasteiger partial charge in [-0.3, -0.25) is 4.90 Å². The van der Waals surface area contributed by atoms with Crippen LogP contribution in [0.25, 0.3) is 11.1 Å². The Kier molecular flexibility index (Phi) is 8.52. The monoisotopic (exact) mass is 538 g/mol. The molecule has 0 amide bonds. The molecular weight excluding hydrogens is 504 g/mol. The van der Waals surface area contributed by atoms with Crippen molar-refractivity contribution < 1.29 is 28.2 Å². The predicted molar refractivity (Wildman–Crippen MR) is 146 cm³/mol. The molecule has 8 nitrogen and oxygen atoms in total. The van der Waals surface area contributed by atoms with Gasteiger partial charge in [0.15, 0.2) is 0 Å². The average Bonchev–Trinajstić information content (AvgIpc) is 2.90. The number of rotatable bonds is 8. The second-order valence-corrected chi connectivity index (χ2v) is 11.8. The number of likely N-dealkylation sites (N-methyl/N-ethyl adjacent to an activating group) is 1. The molecule has 0 aliphatic carbocycles. The summed E-state index contributed by atoms with van der Waals surface area (Å²) >= 11 is 0. The fourth-order valence-electron chi connectivity index (χ4n) is 4.78. The highest BCUT2D eigenvalue weighted by molar-refractivity contribution is 7.89. The Bertz CT molecular complexity index is 1380. The van der Waals surface area contributed by atoms with Crippen LogP contribution in [0.3, 0.4) is 0 Å². The summed E-state index contributed by atoms with van der Waals surface area (Å²) in [6.07, 6.45) is -0.398. The Balaban J connectivity index is 1.71. The lowest BCUT2D eigenvalue weighted by Crippen LogP contribution is -2.49.